The molecule has 1 aliphatic heterocycles. The van der Waals surface area contributed by atoms with Gasteiger partial charge in [0, 0.05) is 19.0 Å². The van der Waals surface area contributed by atoms with Crippen LogP contribution in [0.4, 0.5) is 5.95 Å². The molecule has 1 saturated heterocycles. The van der Waals surface area contributed by atoms with Crippen LogP contribution in [0.5, 0.6) is 0 Å². The molecule has 2 heterocycles. The number of carbonyl (C=O) groups excluding carboxylic acids is 2. The fourth-order valence-electron chi connectivity index (χ4n) is 3.14. The molecule has 122 valence electrons. The number of fused-ring (bicyclic) bond motifs is 1. The minimum Gasteiger partial charge on any atom is -0.339 e. The number of likely N-dealkylation sites (tertiary alicyclic amines) is 1. The number of anilines is 1. The van der Waals surface area contributed by atoms with Gasteiger partial charge in [0.1, 0.15) is 0 Å². The van der Waals surface area contributed by atoms with Crippen LogP contribution in [0.25, 0.3) is 11.0 Å². The molecule has 0 bridgehead atoms. The molecule has 0 radical (unpaired) electrons. The number of carbonyl (C=O) groups is 2. The number of benzene rings is 1. The van der Waals surface area contributed by atoms with Crippen LogP contribution >= 0.6 is 0 Å². The van der Waals surface area contributed by atoms with E-state index in [9.17, 15) is 9.59 Å². The molecular formula is C17H22N4O2. The fraction of sp³-hybridized carbons (Fsp3) is 0.471. The number of rotatable bonds is 5. The minimum absolute atomic E-state index is 0.0655. The van der Waals surface area contributed by atoms with E-state index in [4.69, 9.17) is 0 Å². The second kappa shape index (κ2) is 6.40. The summed E-state index contributed by atoms with van der Waals surface area (Å²) in [5, 5.41) is 2.80. The van der Waals surface area contributed by atoms with Gasteiger partial charge in [0.05, 0.1) is 17.0 Å². The van der Waals surface area contributed by atoms with Crippen molar-refractivity contribution >= 4 is 28.8 Å². The predicted molar refractivity (Wildman–Crippen MR) is 88.9 cm³/mol. The third kappa shape index (κ3) is 3.21. The van der Waals surface area contributed by atoms with Gasteiger partial charge in [-0.1, -0.05) is 25.5 Å². The van der Waals surface area contributed by atoms with E-state index >= 15 is 0 Å². The fourth-order valence-corrected chi connectivity index (χ4v) is 3.14. The summed E-state index contributed by atoms with van der Waals surface area (Å²) in [6, 6.07) is 7.79. The summed E-state index contributed by atoms with van der Waals surface area (Å²) in [5.41, 5.74) is 1.69. The van der Waals surface area contributed by atoms with Crippen molar-refractivity contribution in [2.24, 2.45) is 5.92 Å². The van der Waals surface area contributed by atoms with E-state index in [1.807, 2.05) is 36.1 Å². The summed E-state index contributed by atoms with van der Waals surface area (Å²) in [7, 11) is 0. The molecule has 2 N–H and O–H groups in total. The lowest BCUT2D eigenvalue weighted by atomic mass is 10.1. The third-order valence-electron chi connectivity index (χ3n) is 4.40. The van der Waals surface area contributed by atoms with Crippen molar-refractivity contribution in [1.29, 1.82) is 0 Å². The van der Waals surface area contributed by atoms with E-state index < -0.39 is 0 Å². The Morgan fingerprint density at radius 2 is 2.26 bits per heavy atom. The number of nitrogens with one attached hydrogen (secondary N) is 2. The van der Waals surface area contributed by atoms with Crippen LogP contribution in [0, 0.1) is 5.92 Å². The van der Waals surface area contributed by atoms with Gasteiger partial charge in [0.25, 0.3) is 0 Å². The maximum atomic E-state index is 12.4. The van der Waals surface area contributed by atoms with Crippen molar-refractivity contribution in [1.82, 2.24) is 14.9 Å². The molecule has 23 heavy (non-hydrogen) atoms. The average Bonchev–Trinajstić information content (AvgIpc) is 3.10. The molecule has 3 rings (SSSR count). The van der Waals surface area contributed by atoms with E-state index in [0.29, 0.717) is 12.5 Å². The van der Waals surface area contributed by atoms with Crippen molar-refractivity contribution < 1.29 is 9.59 Å². The van der Waals surface area contributed by atoms with Crippen LogP contribution in [-0.4, -0.2) is 39.3 Å². The number of aromatic amines is 1. The average molecular weight is 314 g/mol. The van der Waals surface area contributed by atoms with Crippen LogP contribution < -0.4 is 5.32 Å². The van der Waals surface area contributed by atoms with Crippen LogP contribution in [-0.2, 0) is 9.59 Å². The first-order chi connectivity index (χ1) is 11.1. The number of hydrogen-bond acceptors (Lipinski definition) is 3. The Bertz CT molecular complexity index is 691. The molecule has 2 aromatic rings. The highest BCUT2D eigenvalue weighted by molar-refractivity contribution is 5.97. The van der Waals surface area contributed by atoms with Crippen molar-refractivity contribution in [3.05, 3.63) is 24.3 Å². The molecule has 6 nitrogen and oxygen atoms in total. The van der Waals surface area contributed by atoms with Crippen molar-refractivity contribution in [2.75, 3.05) is 11.9 Å². The predicted octanol–water partition coefficient (Wildman–Crippen LogP) is 2.54. The lowest BCUT2D eigenvalue weighted by Crippen LogP contribution is -2.35. The Hall–Kier alpha value is -2.37. The number of para-hydroxylation sites is 2. The molecule has 2 atom stereocenters. The number of nitrogens with zero attached hydrogens (tertiary/aromatic N) is 2. The van der Waals surface area contributed by atoms with Crippen LogP contribution in [0.2, 0.25) is 0 Å². The van der Waals surface area contributed by atoms with Crippen LogP contribution in [0.3, 0.4) is 0 Å². The SMILES string of the molecule is CCCC(C)N1CC(C(=O)Nc2nc3ccccc3[nH]2)CC1=O. The Morgan fingerprint density at radius 1 is 1.48 bits per heavy atom. The molecule has 1 aliphatic rings. The maximum absolute atomic E-state index is 12.4. The van der Waals surface area contributed by atoms with Gasteiger partial charge in [0.15, 0.2) is 0 Å². The molecular weight excluding hydrogens is 292 g/mol. The third-order valence-corrected chi connectivity index (χ3v) is 4.40. The molecule has 6 heteroatoms. The van der Waals surface area contributed by atoms with E-state index in [1.165, 1.54) is 0 Å². The smallest absolute Gasteiger partial charge is 0.232 e. The molecule has 0 spiro atoms. The zero-order valence-corrected chi connectivity index (χ0v) is 13.5. The van der Waals surface area contributed by atoms with Gasteiger partial charge in [-0.2, -0.15) is 0 Å². The molecule has 1 fully saturated rings. The maximum Gasteiger partial charge on any atom is 0.232 e. The van der Waals surface area contributed by atoms with Gasteiger partial charge in [-0.3, -0.25) is 14.9 Å². The number of H-pyrrole nitrogens is 1. The van der Waals surface area contributed by atoms with E-state index in [0.717, 1.165) is 23.9 Å². The highest BCUT2D eigenvalue weighted by Crippen LogP contribution is 2.23. The molecule has 2 amide bonds. The van der Waals surface area contributed by atoms with Gasteiger partial charge < -0.3 is 9.88 Å². The van der Waals surface area contributed by atoms with Crippen molar-refractivity contribution in [3.8, 4) is 0 Å². The summed E-state index contributed by atoms with van der Waals surface area (Å²) in [5.74, 6) is 0.0398. The monoisotopic (exact) mass is 314 g/mol. The Balaban J connectivity index is 1.65. The zero-order valence-electron chi connectivity index (χ0n) is 13.5. The summed E-state index contributed by atoms with van der Waals surface area (Å²) in [4.78, 5) is 33.8. The van der Waals surface area contributed by atoms with E-state index in [1.54, 1.807) is 0 Å². The lowest BCUT2D eigenvalue weighted by Gasteiger charge is -2.24. The standard InChI is InChI=1S/C17H22N4O2/c1-3-6-11(2)21-10-12(9-15(21)22)16(23)20-17-18-13-7-4-5-8-14(13)19-17/h4-5,7-8,11-12H,3,6,9-10H2,1-2H3,(H2,18,19,20,23). The van der Waals surface area contributed by atoms with Gasteiger partial charge in [0.2, 0.25) is 17.8 Å². The molecule has 1 aromatic heterocycles. The molecule has 0 saturated carbocycles. The quantitative estimate of drug-likeness (QED) is 0.890. The van der Waals surface area contributed by atoms with Gasteiger partial charge in [-0.15, -0.1) is 0 Å². The largest absolute Gasteiger partial charge is 0.339 e. The molecule has 1 aromatic carbocycles. The molecule has 0 aliphatic carbocycles. The van der Waals surface area contributed by atoms with Crippen LogP contribution in [0.1, 0.15) is 33.1 Å². The van der Waals surface area contributed by atoms with Crippen molar-refractivity contribution in [2.45, 2.75) is 39.2 Å². The van der Waals surface area contributed by atoms with Gasteiger partial charge in [-0.25, -0.2) is 4.98 Å². The Labute approximate surface area is 135 Å². The summed E-state index contributed by atoms with van der Waals surface area (Å²) < 4.78 is 0. The van der Waals surface area contributed by atoms with Gasteiger partial charge >= 0.3 is 0 Å². The first-order valence-corrected chi connectivity index (χ1v) is 8.13. The zero-order chi connectivity index (χ0) is 16.4. The second-order valence-electron chi connectivity index (χ2n) is 6.18. The second-order valence-corrected chi connectivity index (χ2v) is 6.18. The lowest BCUT2D eigenvalue weighted by molar-refractivity contribution is -0.129. The summed E-state index contributed by atoms with van der Waals surface area (Å²) in [6.07, 6.45) is 2.27. The van der Waals surface area contributed by atoms with Crippen LogP contribution in [0.15, 0.2) is 24.3 Å². The summed E-state index contributed by atoms with van der Waals surface area (Å²) >= 11 is 0. The first kappa shape index (κ1) is 15.5. The number of imidazole rings is 1. The van der Waals surface area contributed by atoms with E-state index in [-0.39, 0.29) is 30.2 Å². The minimum atomic E-state index is -0.310. The summed E-state index contributed by atoms with van der Waals surface area (Å²) in [6.45, 7) is 4.63. The Morgan fingerprint density at radius 3 is 3.00 bits per heavy atom. The number of aromatic nitrogens is 2. The molecule has 2 unspecified atom stereocenters. The number of hydrogen-bond donors (Lipinski definition) is 2. The highest BCUT2D eigenvalue weighted by atomic mass is 16.2. The number of amides is 2. The Kier molecular flexibility index (Phi) is 4.32. The van der Waals surface area contributed by atoms with Gasteiger partial charge in [-0.05, 0) is 25.5 Å². The normalized spacial score (nSPS) is 19.3. The topological polar surface area (TPSA) is 78.1 Å². The highest BCUT2D eigenvalue weighted by Gasteiger charge is 2.36. The first-order valence-electron chi connectivity index (χ1n) is 8.13. The van der Waals surface area contributed by atoms with E-state index in [2.05, 4.69) is 22.2 Å². The van der Waals surface area contributed by atoms with Crippen molar-refractivity contribution in [3.63, 3.8) is 0 Å².